The van der Waals surface area contributed by atoms with E-state index >= 15 is 0 Å². The van der Waals surface area contributed by atoms with Crippen molar-refractivity contribution in [1.29, 1.82) is 0 Å². The third-order valence-corrected chi connectivity index (χ3v) is 3.22. The van der Waals surface area contributed by atoms with Crippen LogP contribution in [0.3, 0.4) is 0 Å². The third-order valence-electron chi connectivity index (χ3n) is 2.09. The van der Waals surface area contributed by atoms with Gasteiger partial charge in [0.25, 0.3) is 0 Å². The summed E-state index contributed by atoms with van der Waals surface area (Å²) in [6.45, 7) is 1.03. The highest BCUT2D eigenvalue weighted by Gasteiger charge is 2.38. The van der Waals surface area contributed by atoms with Gasteiger partial charge in [-0.2, -0.15) is 0 Å². The van der Waals surface area contributed by atoms with Crippen LogP contribution in [0.5, 0.6) is 0 Å². The van der Waals surface area contributed by atoms with Gasteiger partial charge in [-0.25, -0.2) is 8.78 Å². The molecule has 1 aliphatic carbocycles. The molecule has 1 fully saturated rings. The highest BCUT2D eigenvalue weighted by molar-refractivity contribution is 14.1. The molecule has 0 heterocycles. The molecule has 0 N–H and O–H groups in total. The molecule has 0 aliphatic heterocycles. The molecule has 1 saturated carbocycles. The number of rotatable bonds is 1. The molecule has 3 heteroatoms. The molecule has 0 aromatic rings. The van der Waals surface area contributed by atoms with Crippen LogP contribution in [0.4, 0.5) is 8.78 Å². The van der Waals surface area contributed by atoms with E-state index in [1.165, 1.54) is 0 Å². The van der Waals surface area contributed by atoms with E-state index in [1.807, 2.05) is 0 Å². The second kappa shape index (κ2) is 2.91. The highest BCUT2D eigenvalue weighted by atomic mass is 127. The second-order valence-corrected chi connectivity index (χ2v) is 4.83. The Morgan fingerprint density at radius 2 is 2.00 bits per heavy atom. The summed E-state index contributed by atoms with van der Waals surface area (Å²) in [5.41, 5.74) is 0. The summed E-state index contributed by atoms with van der Waals surface area (Å²) >= 11 is 2.25. The normalized spacial score (nSPS) is 34.8. The largest absolute Gasteiger partial charge is 0.248 e. The molecule has 0 amide bonds. The molecule has 1 rings (SSSR count). The SMILES string of the molecule is CC(F)(F)[C@@H]1CC[C@H](I)C1. The zero-order chi connectivity index (χ0) is 7.78. The molecular formula is C7H11F2I. The average Bonchev–Trinajstić information content (AvgIpc) is 2.11. The monoisotopic (exact) mass is 260 g/mol. The zero-order valence-electron chi connectivity index (χ0n) is 5.91. The van der Waals surface area contributed by atoms with Crippen LogP contribution in [0.15, 0.2) is 0 Å². The summed E-state index contributed by atoms with van der Waals surface area (Å²) in [5.74, 6) is -2.80. The van der Waals surface area contributed by atoms with Crippen LogP contribution < -0.4 is 0 Å². The fourth-order valence-corrected chi connectivity index (χ4v) is 2.36. The van der Waals surface area contributed by atoms with Crippen molar-refractivity contribution in [3.8, 4) is 0 Å². The van der Waals surface area contributed by atoms with Gasteiger partial charge in [0.05, 0.1) is 0 Å². The Hall–Kier alpha value is 0.590. The average molecular weight is 260 g/mol. The lowest BCUT2D eigenvalue weighted by Gasteiger charge is -2.17. The van der Waals surface area contributed by atoms with E-state index in [4.69, 9.17) is 0 Å². The Bertz CT molecular complexity index is 119. The number of hydrogen-bond acceptors (Lipinski definition) is 0. The van der Waals surface area contributed by atoms with Crippen molar-refractivity contribution in [1.82, 2.24) is 0 Å². The summed E-state index contributed by atoms with van der Waals surface area (Å²) in [6.07, 6.45) is 2.37. The van der Waals surface area contributed by atoms with Gasteiger partial charge in [0.15, 0.2) is 0 Å². The molecule has 0 aromatic heterocycles. The van der Waals surface area contributed by atoms with E-state index < -0.39 is 5.92 Å². The van der Waals surface area contributed by atoms with Crippen LogP contribution in [0.1, 0.15) is 26.2 Å². The van der Waals surface area contributed by atoms with Gasteiger partial charge >= 0.3 is 0 Å². The lowest BCUT2D eigenvalue weighted by molar-refractivity contribution is -0.0364. The Morgan fingerprint density at radius 1 is 1.40 bits per heavy atom. The molecule has 0 saturated heterocycles. The maximum absolute atomic E-state index is 12.6. The number of hydrogen-bond donors (Lipinski definition) is 0. The standard InChI is InChI=1S/C7H11F2I/c1-7(8,9)5-2-3-6(10)4-5/h5-6H,2-4H2,1H3/t5-,6+/m1/s1. The summed E-state index contributed by atoms with van der Waals surface area (Å²) in [4.78, 5) is 0. The van der Waals surface area contributed by atoms with Gasteiger partial charge in [-0.1, -0.05) is 22.6 Å². The molecule has 60 valence electrons. The highest BCUT2D eigenvalue weighted by Crippen LogP contribution is 2.40. The van der Waals surface area contributed by atoms with Crippen LogP contribution >= 0.6 is 22.6 Å². The summed E-state index contributed by atoms with van der Waals surface area (Å²) in [7, 11) is 0. The van der Waals surface area contributed by atoms with Gasteiger partial charge in [-0.15, -0.1) is 0 Å². The minimum absolute atomic E-state index is 0.352. The first-order valence-electron chi connectivity index (χ1n) is 3.52. The van der Waals surface area contributed by atoms with E-state index in [0.717, 1.165) is 13.3 Å². The predicted molar refractivity (Wildman–Crippen MR) is 45.8 cm³/mol. The zero-order valence-corrected chi connectivity index (χ0v) is 8.07. The molecule has 0 aromatic carbocycles. The van der Waals surface area contributed by atoms with Crippen molar-refractivity contribution < 1.29 is 8.78 Å². The second-order valence-electron chi connectivity index (χ2n) is 3.06. The molecule has 0 unspecified atom stereocenters. The molecule has 10 heavy (non-hydrogen) atoms. The first-order valence-corrected chi connectivity index (χ1v) is 4.76. The smallest absolute Gasteiger partial charge is 0.207 e. The molecule has 0 bridgehead atoms. The Labute approximate surface area is 73.5 Å². The summed E-state index contributed by atoms with van der Waals surface area (Å²) < 4.78 is 25.7. The summed E-state index contributed by atoms with van der Waals surface area (Å²) in [5, 5.41) is 0. The van der Waals surface area contributed by atoms with Gasteiger partial charge in [0.1, 0.15) is 0 Å². The van der Waals surface area contributed by atoms with E-state index in [2.05, 4.69) is 22.6 Å². The van der Waals surface area contributed by atoms with Crippen LogP contribution in [0.25, 0.3) is 0 Å². The van der Waals surface area contributed by atoms with Gasteiger partial charge in [-0.3, -0.25) is 0 Å². The van der Waals surface area contributed by atoms with Gasteiger partial charge in [0, 0.05) is 9.84 Å². The Balaban J connectivity index is 2.45. The molecular weight excluding hydrogens is 249 g/mol. The van der Waals surface area contributed by atoms with Gasteiger partial charge < -0.3 is 0 Å². The fourth-order valence-electron chi connectivity index (χ4n) is 1.39. The van der Waals surface area contributed by atoms with Gasteiger partial charge in [-0.05, 0) is 26.2 Å². The van der Waals surface area contributed by atoms with Crippen molar-refractivity contribution in [3.63, 3.8) is 0 Å². The third kappa shape index (κ3) is 2.04. The lowest BCUT2D eigenvalue weighted by atomic mass is 10.0. The molecule has 2 atom stereocenters. The number of alkyl halides is 3. The first-order chi connectivity index (χ1) is 4.50. The van der Waals surface area contributed by atoms with Crippen LogP contribution in [-0.2, 0) is 0 Å². The van der Waals surface area contributed by atoms with Gasteiger partial charge in [0.2, 0.25) is 5.92 Å². The van der Waals surface area contributed by atoms with Crippen molar-refractivity contribution in [2.45, 2.75) is 36.0 Å². The molecule has 0 radical (unpaired) electrons. The van der Waals surface area contributed by atoms with Crippen molar-refractivity contribution in [2.24, 2.45) is 5.92 Å². The van der Waals surface area contributed by atoms with E-state index in [9.17, 15) is 8.78 Å². The van der Waals surface area contributed by atoms with Crippen LogP contribution in [0.2, 0.25) is 0 Å². The molecule has 0 spiro atoms. The Kier molecular flexibility index (Phi) is 2.53. The fraction of sp³-hybridized carbons (Fsp3) is 1.00. The Morgan fingerprint density at radius 3 is 2.20 bits per heavy atom. The van der Waals surface area contributed by atoms with Crippen molar-refractivity contribution in [3.05, 3.63) is 0 Å². The van der Waals surface area contributed by atoms with E-state index in [0.29, 0.717) is 16.8 Å². The maximum atomic E-state index is 12.6. The van der Waals surface area contributed by atoms with Crippen molar-refractivity contribution in [2.75, 3.05) is 0 Å². The quantitative estimate of drug-likeness (QED) is 0.501. The topological polar surface area (TPSA) is 0 Å². The maximum Gasteiger partial charge on any atom is 0.248 e. The predicted octanol–water partition coefficient (Wildman–Crippen LogP) is 3.25. The van der Waals surface area contributed by atoms with Crippen LogP contribution in [0, 0.1) is 5.92 Å². The molecule has 0 nitrogen and oxygen atoms in total. The summed E-state index contributed by atoms with van der Waals surface area (Å²) in [6, 6.07) is 0. The minimum atomic E-state index is -2.44. The van der Waals surface area contributed by atoms with Crippen molar-refractivity contribution >= 4 is 22.6 Å². The lowest BCUT2D eigenvalue weighted by Crippen LogP contribution is -2.21. The molecule has 1 aliphatic rings. The number of halogens is 3. The van der Waals surface area contributed by atoms with Crippen LogP contribution in [-0.4, -0.2) is 9.85 Å². The first kappa shape index (κ1) is 8.68. The van der Waals surface area contributed by atoms with E-state index in [1.54, 1.807) is 0 Å². The van der Waals surface area contributed by atoms with E-state index in [-0.39, 0.29) is 5.92 Å². The minimum Gasteiger partial charge on any atom is -0.207 e.